The average molecular weight is 719 g/mol. The van der Waals surface area contributed by atoms with E-state index in [0.717, 1.165) is 6.42 Å². The van der Waals surface area contributed by atoms with Crippen LogP contribution in [0.3, 0.4) is 0 Å². The summed E-state index contributed by atoms with van der Waals surface area (Å²) in [5.41, 5.74) is 0.676. The number of carboxylic acid groups (broad SMARTS) is 1. The second-order valence-electron chi connectivity index (χ2n) is 12.7. The number of hydrogen-bond donors (Lipinski definition) is 4. The summed E-state index contributed by atoms with van der Waals surface area (Å²) in [7, 11) is -3.48. The molecule has 3 saturated heterocycles. The molecule has 3 aliphatic rings. The quantitative estimate of drug-likeness (QED) is 0.245. The van der Waals surface area contributed by atoms with E-state index in [1.165, 1.54) is 22.5 Å². The van der Waals surface area contributed by atoms with Crippen LogP contribution in [0.4, 0.5) is 28.0 Å². The van der Waals surface area contributed by atoms with Crippen LogP contribution in [-0.2, 0) is 26.0 Å². The first-order chi connectivity index (χ1) is 22.7. The van der Waals surface area contributed by atoms with Crippen LogP contribution in [0.2, 0.25) is 5.02 Å². The zero-order chi connectivity index (χ0) is 34.6. The number of halogens is 5. The smallest absolute Gasteiger partial charge is 0.405 e. The first kappa shape index (κ1) is 36.3. The number of amides is 2. The van der Waals surface area contributed by atoms with Gasteiger partial charge in [-0.3, -0.25) is 4.79 Å². The van der Waals surface area contributed by atoms with Crippen LogP contribution in [0.5, 0.6) is 0 Å². The monoisotopic (exact) mass is 718 g/mol. The summed E-state index contributed by atoms with van der Waals surface area (Å²) in [6.45, 7) is 0.709. The second kappa shape index (κ2) is 15.3. The molecular formula is C32H39ClF4N4O6S. The number of nitrogens with one attached hydrogen (secondary N) is 3. The maximum Gasteiger partial charge on any atom is 0.405 e. The number of rotatable bonds is 10. The third-order valence-corrected chi connectivity index (χ3v) is 11.6. The number of ether oxygens (including phenoxy) is 1. The van der Waals surface area contributed by atoms with Crippen molar-refractivity contribution in [3.05, 3.63) is 64.4 Å². The topological polar surface area (TPSA) is 137 Å². The van der Waals surface area contributed by atoms with E-state index in [2.05, 4.69) is 16.0 Å². The van der Waals surface area contributed by atoms with Gasteiger partial charge in [0.1, 0.15) is 11.9 Å². The minimum atomic E-state index is -4.49. The molecule has 0 radical (unpaired) electrons. The Morgan fingerprint density at radius 3 is 2.60 bits per heavy atom. The molecule has 264 valence electrons. The van der Waals surface area contributed by atoms with Crippen molar-refractivity contribution in [2.24, 2.45) is 5.92 Å². The summed E-state index contributed by atoms with van der Waals surface area (Å²) in [4.78, 5) is 26.1. The number of piperazine rings is 1. The van der Waals surface area contributed by atoms with Crippen molar-refractivity contribution in [3.63, 3.8) is 0 Å². The molecule has 5 rings (SSSR count). The molecule has 0 saturated carbocycles. The molecule has 2 bridgehead atoms. The van der Waals surface area contributed by atoms with E-state index in [-0.39, 0.29) is 55.3 Å². The number of hydrogen-bond acceptors (Lipinski definition) is 6. The van der Waals surface area contributed by atoms with E-state index in [0.29, 0.717) is 30.1 Å². The highest BCUT2D eigenvalue weighted by Crippen LogP contribution is 2.40. The van der Waals surface area contributed by atoms with E-state index in [1.54, 1.807) is 24.3 Å². The van der Waals surface area contributed by atoms with Gasteiger partial charge in [-0.25, -0.2) is 17.6 Å². The normalized spacial score (nSPS) is 26.9. The van der Waals surface area contributed by atoms with Crippen molar-refractivity contribution >= 4 is 39.3 Å². The highest BCUT2D eigenvalue weighted by molar-refractivity contribution is 7.89. The Kier molecular flexibility index (Phi) is 11.6. The predicted octanol–water partition coefficient (Wildman–Crippen LogP) is 5.28. The molecule has 3 heterocycles. The Morgan fingerprint density at radius 1 is 1.15 bits per heavy atom. The fourth-order valence-electron chi connectivity index (χ4n) is 7.21. The summed E-state index contributed by atoms with van der Waals surface area (Å²) in [5, 5.41) is 18.5. The van der Waals surface area contributed by atoms with Crippen LogP contribution in [0.25, 0.3) is 0 Å². The Bertz CT molecular complexity index is 1560. The second-order valence-corrected chi connectivity index (χ2v) is 15.2. The molecule has 7 atom stereocenters. The first-order valence-electron chi connectivity index (χ1n) is 15.9. The van der Waals surface area contributed by atoms with Gasteiger partial charge in [-0.1, -0.05) is 29.8 Å². The number of nitrogens with zero attached hydrogens (tertiary/aromatic N) is 1. The third kappa shape index (κ3) is 9.17. The van der Waals surface area contributed by atoms with Crippen molar-refractivity contribution in [2.75, 3.05) is 30.8 Å². The van der Waals surface area contributed by atoms with Crippen LogP contribution < -0.4 is 16.0 Å². The Balaban J connectivity index is 1.41. The van der Waals surface area contributed by atoms with Gasteiger partial charge < -0.3 is 25.8 Å². The van der Waals surface area contributed by atoms with Crippen molar-refractivity contribution in [1.82, 2.24) is 14.9 Å². The molecule has 0 spiro atoms. The van der Waals surface area contributed by atoms with Gasteiger partial charge in [-0.2, -0.15) is 17.5 Å². The molecule has 3 fully saturated rings. The zero-order valence-electron chi connectivity index (χ0n) is 26.0. The fourth-order valence-corrected chi connectivity index (χ4v) is 9.14. The van der Waals surface area contributed by atoms with Crippen molar-refractivity contribution in [3.8, 4) is 0 Å². The number of fused-ring (bicyclic) bond motifs is 2. The summed E-state index contributed by atoms with van der Waals surface area (Å²) in [6, 6.07) is 8.48. The van der Waals surface area contributed by atoms with Crippen molar-refractivity contribution in [2.45, 2.75) is 81.3 Å². The minimum Gasteiger partial charge on any atom is -0.465 e. The number of alkyl halides is 3. The van der Waals surface area contributed by atoms with Crippen LogP contribution >= 0.6 is 11.6 Å². The number of benzene rings is 2. The summed E-state index contributed by atoms with van der Waals surface area (Å²) < 4.78 is 88.0. The van der Waals surface area contributed by atoms with Gasteiger partial charge in [0.15, 0.2) is 0 Å². The van der Waals surface area contributed by atoms with E-state index in [1.807, 2.05) is 0 Å². The molecule has 16 heteroatoms. The Morgan fingerprint density at radius 2 is 1.90 bits per heavy atom. The lowest BCUT2D eigenvalue weighted by molar-refractivity contribution is -0.169. The van der Waals surface area contributed by atoms with Crippen molar-refractivity contribution < 1.29 is 45.4 Å². The number of carbonyl (C=O) groups excluding carboxylic acids is 1. The highest BCUT2D eigenvalue weighted by atomic mass is 35.5. The maximum absolute atomic E-state index is 15.3. The molecule has 48 heavy (non-hydrogen) atoms. The predicted molar refractivity (Wildman–Crippen MR) is 171 cm³/mol. The van der Waals surface area contributed by atoms with Crippen LogP contribution in [0, 0.1) is 11.7 Å². The van der Waals surface area contributed by atoms with Crippen LogP contribution in [0.1, 0.15) is 55.6 Å². The van der Waals surface area contributed by atoms with E-state index >= 15 is 4.39 Å². The molecule has 0 aromatic heterocycles. The Labute approximate surface area is 281 Å². The highest BCUT2D eigenvalue weighted by Gasteiger charge is 2.43. The number of carbonyl (C=O) groups is 2. The largest absolute Gasteiger partial charge is 0.465 e. The maximum atomic E-state index is 15.3. The van der Waals surface area contributed by atoms with Crippen LogP contribution in [0.15, 0.2) is 42.5 Å². The molecule has 0 aliphatic carbocycles. The summed E-state index contributed by atoms with van der Waals surface area (Å²) >= 11 is 6.09. The molecule has 10 nitrogen and oxygen atoms in total. The minimum absolute atomic E-state index is 0.0194. The molecule has 2 amide bonds. The molecular weight excluding hydrogens is 680 g/mol. The number of anilines is 1. The number of sulfonamides is 1. The SMILES string of the molecule is O=C(O)NC(C(=O)Nc1cccc(F)c1CC[C@H]1CN[C@@H]2CCCS(=O)(=O)N1C2)C(c1ccc(Cl)cc1)[C@H]1CCO[C@@H](CC(F)(F)F)C1. The molecule has 3 unspecified atom stereocenters. The lowest BCUT2D eigenvalue weighted by Crippen LogP contribution is -2.57. The van der Waals surface area contributed by atoms with Gasteiger partial charge in [0.2, 0.25) is 15.9 Å². The Hall–Kier alpha value is -2.98. The molecule has 3 aliphatic heterocycles. The van der Waals surface area contributed by atoms with Gasteiger partial charge in [0, 0.05) is 54.0 Å². The molecule has 2 aromatic carbocycles. The fraction of sp³-hybridized carbons (Fsp3) is 0.562. The zero-order valence-corrected chi connectivity index (χ0v) is 27.6. The van der Waals surface area contributed by atoms with Gasteiger partial charge in [-0.15, -0.1) is 0 Å². The van der Waals surface area contributed by atoms with Gasteiger partial charge >= 0.3 is 12.3 Å². The molecule has 2 aromatic rings. The van der Waals surface area contributed by atoms with Crippen LogP contribution in [-0.4, -0.2) is 85.7 Å². The van der Waals surface area contributed by atoms with Crippen molar-refractivity contribution in [1.29, 1.82) is 0 Å². The van der Waals surface area contributed by atoms with E-state index in [9.17, 15) is 36.3 Å². The lowest BCUT2D eigenvalue weighted by Gasteiger charge is -2.38. The van der Waals surface area contributed by atoms with E-state index < -0.39 is 70.5 Å². The summed E-state index contributed by atoms with van der Waals surface area (Å²) in [6.07, 6.45) is -6.60. The standard InChI is InChI=1S/C32H39ClF4N4O6S/c33-21-8-6-19(7-9-21)28(20-12-13-47-24(15-20)16-32(35,36)37)29(40-31(43)44)30(42)39-27-5-1-4-26(34)25(27)11-10-23-17-38-22-3-2-14-48(45,46)41(23)18-22/h1,4-9,20,22-24,28-29,38,40H,2-3,10-18H2,(H,39,42)(H,43,44)/t20-,22+,23-,24+,28?,29?/m0/s1. The van der Waals surface area contributed by atoms with Gasteiger partial charge in [-0.05, 0) is 74.3 Å². The average Bonchev–Trinajstić information content (AvgIpc) is 3.12. The first-order valence-corrected chi connectivity index (χ1v) is 17.9. The van der Waals surface area contributed by atoms with Gasteiger partial charge in [0.05, 0.1) is 18.3 Å². The third-order valence-electron chi connectivity index (χ3n) is 9.42. The van der Waals surface area contributed by atoms with E-state index in [4.69, 9.17) is 16.3 Å². The van der Waals surface area contributed by atoms with Gasteiger partial charge in [0.25, 0.3) is 0 Å². The molecule has 4 N–H and O–H groups in total. The lowest BCUT2D eigenvalue weighted by atomic mass is 9.74. The summed E-state index contributed by atoms with van der Waals surface area (Å²) in [5.74, 6) is -2.95.